The standard InChI is InChI=1S/C14H18N2O2S/c1-5-9-16(14(2,3)4)19(17,18)13-8-6-7-12(10-13)11-15/h5-8,10H,1,9H2,2-4H3. The molecule has 0 radical (unpaired) electrons. The van der Waals surface area contributed by atoms with Crippen molar-refractivity contribution >= 4 is 10.0 Å². The van der Waals surface area contributed by atoms with Crippen molar-refractivity contribution < 1.29 is 8.42 Å². The highest BCUT2D eigenvalue weighted by molar-refractivity contribution is 7.89. The van der Waals surface area contributed by atoms with Crippen molar-refractivity contribution in [3.63, 3.8) is 0 Å². The lowest BCUT2D eigenvalue weighted by Gasteiger charge is -2.33. The molecule has 0 aliphatic heterocycles. The van der Waals surface area contributed by atoms with Crippen LogP contribution in [0.25, 0.3) is 0 Å². The van der Waals surface area contributed by atoms with Crippen LogP contribution in [0.2, 0.25) is 0 Å². The molecular formula is C14H18N2O2S. The smallest absolute Gasteiger partial charge is 0.207 e. The lowest BCUT2D eigenvalue weighted by molar-refractivity contribution is 0.270. The van der Waals surface area contributed by atoms with Gasteiger partial charge in [-0.3, -0.25) is 0 Å². The van der Waals surface area contributed by atoms with Gasteiger partial charge in [0.1, 0.15) is 0 Å². The molecule has 1 aromatic rings. The van der Waals surface area contributed by atoms with E-state index in [-0.39, 0.29) is 11.4 Å². The van der Waals surface area contributed by atoms with Crippen LogP contribution in [0.4, 0.5) is 0 Å². The molecule has 0 saturated heterocycles. The Kier molecular flexibility index (Phi) is 4.51. The molecule has 0 spiro atoms. The van der Waals surface area contributed by atoms with Gasteiger partial charge in [-0.2, -0.15) is 9.57 Å². The van der Waals surface area contributed by atoms with Gasteiger partial charge >= 0.3 is 0 Å². The highest BCUT2D eigenvalue weighted by Crippen LogP contribution is 2.24. The molecule has 4 nitrogen and oxygen atoms in total. The Hall–Kier alpha value is -1.64. The van der Waals surface area contributed by atoms with E-state index in [1.54, 1.807) is 18.2 Å². The van der Waals surface area contributed by atoms with Crippen LogP contribution in [0, 0.1) is 11.3 Å². The van der Waals surface area contributed by atoms with Crippen molar-refractivity contribution in [2.75, 3.05) is 6.54 Å². The third kappa shape index (κ3) is 3.43. The second-order valence-electron chi connectivity index (χ2n) is 5.14. The highest BCUT2D eigenvalue weighted by atomic mass is 32.2. The molecule has 0 aliphatic rings. The highest BCUT2D eigenvalue weighted by Gasteiger charge is 2.33. The van der Waals surface area contributed by atoms with E-state index in [9.17, 15) is 8.42 Å². The summed E-state index contributed by atoms with van der Waals surface area (Å²) in [5.74, 6) is 0. The summed E-state index contributed by atoms with van der Waals surface area (Å²) < 4.78 is 26.6. The molecule has 0 fully saturated rings. The molecule has 19 heavy (non-hydrogen) atoms. The second-order valence-corrected chi connectivity index (χ2v) is 7.00. The summed E-state index contributed by atoms with van der Waals surface area (Å²) in [5.41, 5.74) is -0.233. The molecule has 0 unspecified atom stereocenters. The molecule has 0 N–H and O–H groups in total. The van der Waals surface area contributed by atoms with Crippen molar-refractivity contribution in [3.05, 3.63) is 42.5 Å². The van der Waals surface area contributed by atoms with Gasteiger partial charge in [0.25, 0.3) is 0 Å². The van der Waals surface area contributed by atoms with Crippen molar-refractivity contribution in [1.29, 1.82) is 5.26 Å². The summed E-state index contributed by atoms with van der Waals surface area (Å²) in [7, 11) is -3.64. The van der Waals surface area contributed by atoms with E-state index in [4.69, 9.17) is 5.26 Å². The molecule has 0 heterocycles. The average Bonchev–Trinajstić information content (AvgIpc) is 2.34. The molecule has 0 saturated carbocycles. The third-order valence-corrected chi connectivity index (χ3v) is 4.72. The van der Waals surface area contributed by atoms with Gasteiger partial charge < -0.3 is 0 Å². The predicted octanol–water partition coefficient (Wildman–Crippen LogP) is 2.53. The Morgan fingerprint density at radius 2 is 2.05 bits per heavy atom. The topological polar surface area (TPSA) is 61.2 Å². The predicted molar refractivity (Wildman–Crippen MR) is 75.0 cm³/mol. The van der Waals surface area contributed by atoms with Crippen LogP contribution in [0.15, 0.2) is 41.8 Å². The minimum Gasteiger partial charge on any atom is -0.207 e. The zero-order chi connectivity index (χ0) is 14.7. The Labute approximate surface area is 115 Å². The maximum absolute atomic E-state index is 12.6. The van der Waals surface area contributed by atoms with Gasteiger partial charge in [0.15, 0.2) is 0 Å². The number of hydrogen-bond donors (Lipinski definition) is 0. The Morgan fingerprint density at radius 1 is 1.42 bits per heavy atom. The quantitative estimate of drug-likeness (QED) is 0.795. The zero-order valence-electron chi connectivity index (χ0n) is 11.4. The largest absolute Gasteiger partial charge is 0.243 e. The summed E-state index contributed by atoms with van der Waals surface area (Å²) in [6.45, 7) is 9.29. The van der Waals surface area contributed by atoms with E-state index >= 15 is 0 Å². The number of hydrogen-bond acceptors (Lipinski definition) is 3. The van der Waals surface area contributed by atoms with Crippen LogP contribution >= 0.6 is 0 Å². The van der Waals surface area contributed by atoms with E-state index in [2.05, 4.69) is 6.58 Å². The first kappa shape index (κ1) is 15.4. The van der Waals surface area contributed by atoms with Gasteiger partial charge in [0, 0.05) is 12.1 Å². The van der Waals surface area contributed by atoms with Gasteiger partial charge in [0.2, 0.25) is 10.0 Å². The fraction of sp³-hybridized carbons (Fsp3) is 0.357. The molecule has 1 aromatic carbocycles. The van der Waals surface area contributed by atoms with E-state index < -0.39 is 15.6 Å². The SMILES string of the molecule is C=CCN(C(C)(C)C)S(=O)(=O)c1cccc(C#N)c1. The number of rotatable bonds is 4. The van der Waals surface area contributed by atoms with Crippen molar-refractivity contribution in [3.8, 4) is 6.07 Å². The molecule has 0 aromatic heterocycles. The summed E-state index contributed by atoms with van der Waals surface area (Å²) in [4.78, 5) is 0.128. The van der Waals surface area contributed by atoms with Crippen LogP contribution < -0.4 is 0 Å². The van der Waals surface area contributed by atoms with E-state index in [1.165, 1.54) is 16.4 Å². The second kappa shape index (κ2) is 5.55. The zero-order valence-corrected chi connectivity index (χ0v) is 12.2. The van der Waals surface area contributed by atoms with Crippen molar-refractivity contribution in [2.24, 2.45) is 0 Å². The van der Waals surface area contributed by atoms with Crippen LogP contribution in [-0.2, 0) is 10.0 Å². The Balaban J connectivity index is 3.35. The van der Waals surface area contributed by atoms with Crippen LogP contribution in [0.5, 0.6) is 0 Å². The Morgan fingerprint density at radius 3 is 2.53 bits per heavy atom. The van der Waals surface area contributed by atoms with Gasteiger partial charge in [-0.05, 0) is 39.0 Å². The van der Waals surface area contributed by atoms with Crippen LogP contribution in [0.3, 0.4) is 0 Å². The molecule has 0 atom stereocenters. The fourth-order valence-corrected chi connectivity index (χ4v) is 3.51. The first-order valence-corrected chi connectivity index (χ1v) is 7.31. The summed E-state index contributed by atoms with van der Waals surface area (Å²) >= 11 is 0. The maximum atomic E-state index is 12.6. The molecule has 0 aliphatic carbocycles. The van der Waals surface area contributed by atoms with E-state index in [1.807, 2.05) is 26.8 Å². The van der Waals surface area contributed by atoms with Gasteiger partial charge in [-0.25, -0.2) is 8.42 Å². The number of benzene rings is 1. The van der Waals surface area contributed by atoms with Crippen LogP contribution in [0.1, 0.15) is 26.3 Å². The minimum absolute atomic E-state index is 0.128. The maximum Gasteiger partial charge on any atom is 0.243 e. The molecule has 102 valence electrons. The molecule has 0 amide bonds. The fourth-order valence-electron chi connectivity index (χ4n) is 1.70. The number of nitriles is 1. The minimum atomic E-state index is -3.64. The molecular weight excluding hydrogens is 260 g/mol. The van der Waals surface area contributed by atoms with Crippen molar-refractivity contribution in [2.45, 2.75) is 31.2 Å². The normalized spacial score (nSPS) is 12.2. The molecule has 1 rings (SSSR count). The van der Waals surface area contributed by atoms with Gasteiger partial charge in [-0.15, -0.1) is 6.58 Å². The third-order valence-electron chi connectivity index (χ3n) is 2.59. The average molecular weight is 278 g/mol. The van der Waals surface area contributed by atoms with E-state index in [0.717, 1.165) is 0 Å². The summed E-state index contributed by atoms with van der Waals surface area (Å²) in [6, 6.07) is 7.98. The lowest BCUT2D eigenvalue weighted by atomic mass is 10.1. The summed E-state index contributed by atoms with van der Waals surface area (Å²) in [6.07, 6.45) is 1.55. The van der Waals surface area contributed by atoms with Gasteiger partial charge in [-0.1, -0.05) is 12.1 Å². The first-order chi connectivity index (χ1) is 8.73. The molecule has 5 heteroatoms. The Bertz CT molecular complexity index is 607. The lowest BCUT2D eigenvalue weighted by Crippen LogP contribution is -2.45. The van der Waals surface area contributed by atoms with Crippen molar-refractivity contribution in [1.82, 2.24) is 4.31 Å². The van der Waals surface area contributed by atoms with E-state index in [0.29, 0.717) is 5.56 Å². The first-order valence-electron chi connectivity index (χ1n) is 5.87. The van der Waals surface area contributed by atoms with Gasteiger partial charge in [0.05, 0.1) is 16.5 Å². The number of sulfonamides is 1. The number of nitrogens with zero attached hydrogens (tertiary/aromatic N) is 2. The van der Waals surface area contributed by atoms with Crippen LogP contribution in [-0.4, -0.2) is 24.8 Å². The summed E-state index contributed by atoms with van der Waals surface area (Å²) in [5, 5.41) is 8.86. The molecule has 0 bridgehead atoms. The monoisotopic (exact) mass is 278 g/mol.